The number of hydrogen-bond donors (Lipinski definition) is 0. The third-order valence-electron chi connectivity index (χ3n) is 4.01. The van der Waals surface area contributed by atoms with Crippen molar-refractivity contribution in [1.29, 1.82) is 0 Å². The van der Waals surface area contributed by atoms with Gasteiger partial charge in [-0.15, -0.1) is 0 Å². The lowest BCUT2D eigenvalue weighted by Gasteiger charge is -2.35. The summed E-state index contributed by atoms with van der Waals surface area (Å²) in [4.78, 5) is 23.6. The standard InChI is InChI=1S/C15H16ClFN2O3S/c1-22-13(20)7-9-6-10(12(17)8-11(9)16)14-18-4-2-3-5-19(18)15(21)23-14/h6,8,14H,2-5,7H2,1H3. The molecule has 0 saturated carbocycles. The number of nitrogens with zero attached hydrogens (tertiary/aromatic N) is 2. The van der Waals surface area contributed by atoms with Gasteiger partial charge in [-0.05, 0) is 42.3 Å². The summed E-state index contributed by atoms with van der Waals surface area (Å²) in [7, 11) is 1.29. The predicted octanol–water partition coefficient (Wildman–Crippen LogP) is 3.37. The first-order valence-electron chi connectivity index (χ1n) is 7.30. The number of hydrazine groups is 1. The van der Waals surface area contributed by atoms with Gasteiger partial charge in [-0.2, -0.15) is 5.01 Å². The molecule has 1 atom stereocenters. The lowest BCUT2D eigenvalue weighted by atomic mass is 10.1. The highest BCUT2D eigenvalue weighted by Gasteiger charge is 2.42. The maximum Gasteiger partial charge on any atom is 0.310 e. The molecule has 0 radical (unpaired) electrons. The van der Waals surface area contributed by atoms with E-state index < -0.39 is 17.2 Å². The number of halogens is 2. The Morgan fingerprint density at radius 3 is 2.91 bits per heavy atom. The zero-order valence-corrected chi connectivity index (χ0v) is 14.1. The molecule has 1 aromatic rings. The van der Waals surface area contributed by atoms with Gasteiger partial charge < -0.3 is 4.74 Å². The molecule has 0 aromatic heterocycles. The number of carbonyl (C=O) groups is 2. The smallest absolute Gasteiger partial charge is 0.310 e. The second kappa shape index (κ2) is 6.67. The molecule has 1 unspecified atom stereocenters. The molecule has 2 heterocycles. The molecule has 0 bridgehead atoms. The first-order valence-corrected chi connectivity index (χ1v) is 8.56. The van der Waals surface area contributed by atoms with Gasteiger partial charge in [0.25, 0.3) is 5.24 Å². The number of esters is 1. The maximum atomic E-state index is 14.4. The molecule has 0 aliphatic carbocycles. The van der Waals surface area contributed by atoms with E-state index in [2.05, 4.69) is 4.74 Å². The van der Waals surface area contributed by atoms with Gasteiger partial charge in [0, 0.05) is 23.7 Å². The monoisotopic (exact) mass is 358 g/mol. The molecule has 23 heavy (non-hydrogen) atoms. The lowest BCUT2D eigenvalue weighted by Crippen LogP contribution is -2.44. The lowest BCUT2D eigenvalue weighted by molar-refractivity contribution is -0.139. The molecule has 1 amide bonds. The number of rotatable bonds is 3. The summed E-state index contributed by atoms with van der Waals surface area (Å²) in [5, 5.41) is 3.26. The van der Waals surface area contributed by atoms with Crippen LogP contribution in [0.25, 0.3) is 0 Å². The van der Waals surface area contributed by atoms with Gasteiger partial charge in [0.2, 0.25) is 0 Å². The number of thioether (sulfide) groups is 1. The van der Waals surface area contributed by atoms with Crippen LogP contribution < -0.4 is 0 Å². The molecule has 2 fully saturated rings. The summed E-state index contributed by atoms with van der Waals surface area (Å²) in [6.07, 6.45) is 1.88. The normalized spacial score (nSPS) is 21.4. The van der Waals surface area contributed by atoms with E-state index in [0.717, 1.165) is 24.6 Å². The number of hydrogen-bond acceptors (Lipinski definition) is 5. The van der Waals surface area contributed by atoms with Gasteiger partial charge in [0.1, 0.15) is 11.2 Å². The Morgan fingerprint density at radius 1 is 1.43 bits per heavy atom. The average molecular weight is 359 g/mol. The molecule has 2 aliphatic heterocycles. The fourth-order valence-electron chi connectivity index (χ4n) is 2.83. The largest absolute Gasteiger partial charge is 0.469 e. The Hall–Kier alpha value is -1.31. The minimum Gasteiger partial charge on any atom is -0.469 e. The average Bonchev–Trinajstić information content (AvgIpc) is 2.87. The molecule has 0 spiro atoms. The number of benzene rings is 1. The van der Waals surface area contributed by atoms with E-state index in [1.165, 1.54) is 13.2 Å². The summed E-state index contributed by atoms with van der Waals surface area (Å²) < 4.78 is 19.1. The van der Waals surface area contributed by atoms with E-state index in [1.54, 1.807) is 11.1 Å². The minimum atomic E-state index is -0.471. The van der Waals surface area contributed by atoms with E-state index >= 15 is 0 Å². The van der Waals surface area contributed by atoms with Crippen LogP contribution in [-0.4, -0.2) is 41.4 Å². The Kier molecular flexibility index (Phi) is 4.79. The quantitative estimate of drug-likeness (QED) is 0.775. The van der Waals surface area contributed by atoms with Crippen LogP contribution in [0.5, 0.6) is 0 Å². The van der Waals surface area contributed by atoms with Crippen LogP contribution in [0.4, 0.5) is 9.18 Å². The van der Waals surface area contributed by atoms with Gasteiger partial charge in [-0.25, -0.2) is 4.39 Å². The highest BCUT2D eigenvalue weighted by Crippen LogP contribution is 2.45. The second-order valence-corrected chi connectivity index (χ2v) is 6.89. The van der Waals surface area contributed by atoms with Crippen molar-refractivity contribution in [2.45, 2.75) is 24.6 Å². The zero-order chi connectivity index (χ0) is 16.6. The summed E-state index contributed by atoms with van der Waals surface area (Å²) >= 11 is 7.12. The Balaban J connectivity index is 1.94. The molecular weight excluding hydrogens is 343 g/mol. The highest BCUT2D eigenvalue weighted by molar-refractivity contribution is 8.13. The van der Waals surface area contributed by atoms with E-state index in [0.29, 0.717) is 24.2 Å². The van der Waals surface area contributed by atoms with Crippen LogP contribution in [0.1, 0.15) is 29.3 Å². The minimum absolute atomic E-state index is 0.0301. The fraction of sp³-hybridized carbons (Fsp3) is 0.467. The van der Waals surface area contributed by atoms with Gasteiger partial charge in [0.05, 0.1) is 13.5 Å². The van der Waals surface area contributed by atoms with Crippen LogP contribution in [-0.2, 0) is 16.0 Å². The van der Waals surface area contributed by atoms with Crippen molar-refractivity contribution in [1.82, 2.24) is 10.0 Å². The SMILES string of the molecule is COC(=O)Cc1cc(C2SC(=O)N3CCCCN23)c(F)cc1Cl. The highest BCUT2D eigenvalue weighted by atomic mass is 35.5. The molecule has 2 aliphatic rings. The Bertz CT molecular complexity index is 658. The van der Waals surface area contributed by atoms with E-state index in [4.69, 9.17) is 11.6 Å². The fourth-order valence-corrected chi connectivity index (χ4v) is 4.21. The molecular formula is C15H16ClFN2O3S. The third kappa shape index (κ3) is 3.18. The first-order chi connectivity index (χ1) is 11.0. The van der Waals surface area contributed by atoms with Crippen molar-refractivity contribution in [3.05, 3.63) is 34.1 Å². The van der Waals surface area contributed by atoms with E-state index in [-0.39, 0.29) is 16.7 Å². The van der Waals surface area contributed by atoms with Crippen molar-refractivity contribution in [3.63, 3.8) is 0 Å². The maximum absolute atomic E-state index is 14.4. The van der Waals surface area contributed by atoms with Crippen LogP contribution in [0.2, 0.25) is 5.02 Å². The van der Waals surface area contributed by atoms with Crippen LogP contribution >= 0.6 is 23.4 Å². The zero-order valence-electron chi connectivity index (χ0n) is 12.6. The second-order valence-electron chi connectivity index (χ2n) is 5.45. The summed E-state index contributed by atoms with van der Waals surface area (Å²) in [5.74, 6) is -0.916. The van der Waals surface area contributed by atoms with Crippen LogP contribution in [0.3, 0.4) is 0 Å². The van der Waals surface area contributed by atoms with Crippen molar-refractivity contribution in [2.75, 3.05) is 20.2 Å². The number of fused-ring (bicyclic) bond motifs is 1. The molecule has 1 aromatic carbocycles. The number of methoxy groups -OCH3 is 1. The molecule has 3 rings (SSSR count). The van der Waals surface area contributed by atoms with Gasteiger partial charge in [-0.1, -0.05) is 11.6 Å². The van der Waals surface area contributed by atoms with Gasteiger partial charge in [0.15, 0.2) is 0 Å². The van der Waals surface area contributed by atoms with Crippen molar-refractivity contribution < 1.29 is 18.7 Å². The number of carbonyl (C=O) groups excluding carboxylic acids is 2. The van der Waals surface area contributed by atoms with Crippen molar-refractivity contribution in [2.24, 2.45) is 0 Å². The van der Waals surface area contributed by atoms with Crippen molar-refractivity contribution >= 4 is 34.6 Å². The first kappa shape index (κ1) is 16.5. The van der Waals surface area contributed by atoms with Crippen molar-refractivity contribution in [3.8, 4) is 0 Å². The molecule has 8 heteroatoms. The molecule has 0 N–H and O–H groups in total. The van der Waals surface area contributed by atoms with E-state index in [9.17, 15) is 14.0 Å². The topological polar surface area (TPSA) is 49.9 Å². The van der Waals surface area contributed by atoms with E-state index in [1.807, 2.05) is 5.01 Å². The molecule has 2 saturated heterocycles. The predicted molar refractivity (Wildman–Crippen MR) is 85.5 cm³/mol. The summed E-state index contributed by atoms with van der Waals surface area (Å²) in [5.41, 5.74) is 0.870. The Morgan fingerprint density at radius 2 is 2.17 bits per heavy atom. The number of amides is 1. The number of ether oxygens (including phenoxy) is 1. The van der Waals surface area contributed by atoms with Crippen LogP contribution in [0, 0.1) is 5.82 Å². The third-order valence-corrected chi connectivity index (χ3v) is 5.49. The summed E-state index contributed by atoms with van der Waals surface area (Å²) in [6, 6.07) is 2.77. The Labute approximate surface area is 142 Å². The molecule has 124 valence electrons. The van der Waals surface area contributed by atoms with Gasteiger partial charge >= 0.3 is 5.97 Å². The van der Waals surface area contributed by atoms with Gasteiger partial charge in [-0.3, -0.25) is 14.6 Å². The molecule has 5 nitrogen and oxygen atoms in total. The summed E-state index contributed by atoms with van der Waals surface area (Å²) in [6.45, 7) is 1.37. The van der Waals surface area contributed by atoms with Crippen LogP contribution in [0.15, 0.2) is 12.1 Å².